The molecule has 0 saturated carbocycles. The summed E-state index contributed by atoms with van der Waals surface area (Å²) in [7, 11) is 0. The fraction of sp³-hybridized carbons (Fsp3) is 0. The summed E-state index contributed by atoms with van der Waals surface area (Å²) in [5.41, 5.74) is 1.34. The lowest BCUT2D eigenvalue weighted by atomic mass is 10.2. The Balaban J connectivity index is 2.60. The van der Waals surface area contributed by atoms with Crippen molar-refractivity contribution in [3.05, 3.63) is 39.9 Å². The van der Waals surface area contributed by atoms with Crippen LogP contribution in [0.4, 0.5) is 0 Å². The normalized spacial score (nSPS) is 10.5. The van der Waals surface area contributed by atoms with Crippen molar-refractivity contribution >= 4 is 34.8 Å². The quantitative estimate of drug-likeness (QED) is 0.703. The molecular weight excluding hydrogens is 244 g/mol. The number of aromatic nitrogens is 1. The second-order valence-corrected chi connectivity index (χ2v) is 3.78. The first-order chi connectivity index (χ1) is 6.68. The van der Waals surface area contributed by atoms with Crippen LogP contribution in [-0.4, -0.2) is 4.98 Å². The second kappa shape index (κ2) is 3.81. The van der Waals surface area contributed by atoms with E-state index < -0.39 is 0 Å². The zero-order valence-corrected chi connectivity index (χ0v) is 9.07. The first-order valence-corrected chi connectivity index (χ1v) is 4.86. The van der Waals surface area contributed by atoms with Crippen molar-refractivity contribution in [2.75, 3.05) is 0 Å². The van der Waals surface area contributed by atoms with E-state index in [2.05, 4.69) is 4.98 Å². The largest absolute Gasteiger partial charge is 0.472 e. The molecule has 0 saturated heterocycles. The second-order valence-electron chi connectivity index (χ2n) is 2.60. The zero-order valence-electron chi connectivity index (χ0n) is 6.80. The molecule has 0 amide bonds. The third-order valence-electron chi connectivity index (χ3n) is 1.68. The lowest BCUT2D eigenvalue weighted by molar-refractivity contribution is 0.568. The minimum absolute atomic E-state index is 0.229. The first-order valence-electron chi connectivity index (χ1n) is 3.72. The van der Waals surface area contributed by atoms with Gasteiger partial charge in [0.25, 0.3) is 0 Å². The number of furan rings is 1. The number of hydrogen-bond acceptors (Lipinski definition) is 2. The molecule has 0 aliphatic carbocycles. The van der Waals surface area contributed by atoms with E-state index in [1.807, 2.05) is 0 Å². The zero-order chi connectivity index (χ0) is 10.1. The number of hydrogen-bond donors (Lipinski definition) is 0. The van der Waals surface area contributed by atoms with E-state index >= 15 is 0 Å². The van der Waals surface area contributed by atoms with E-state index in [0.29, 0.717) is 15.7 Å². The molecule has 0 unspecified atom stereocenters. The third kappa shape index (κ3) is 1.73. The van der Waals surface area contributed by atoms with Gasteiger partial charge in [0, 0.05) is 5.56 Å². The minimum atomic E-state index is 0.229. The van der Waals surface area contributed by atoms with Gasteiger partial charge in [-0.25, -0.2) is 4.98 Å². The molecule has 0 spiro atoms. The van der Waals surface area contributed by atoms with Gasteiger partial charge < -0.3 is 4.42 Å². The number of halogens is 3. The predicted octanol–water partition coefficient (Wildman–Crippen LogP) is 4.30. The molecule has 0 aliphatic heterocycles. The maximum absolute atomic E-state index is 5.95. The lowest BCUT2D eigenvalue weighted by Crippen LogP contribution is -1.85. The molecule has 2 heterocycles. The average molecular weight is 248 g/mol. The fourth-order valence-corrected chi connectivity index (χ4v) is 1.65. The van der Waals surface area contributed by atoms with Crippen molar-refractivity contribution in [3.8, 4) is 11.3 Å². The van der Waals surface area contributed by atoms with Crippen LogP contribution >= 0.6 is 34.8 Å². The van der Waals surface area contributed by atoms with Crippen molar-refractivity contribution < 1.29 is 4.42 Å². The van der Waals surface area contributed by atoms with Crippen LogP contribution in [0.1, 0.15) is 0 Å². The smallest absolute Gasteiger partial charge is 0.148 e. The molecule has 0 aromatic carbocycles. The monoisotopic (exact) mass is 247 g/mol. The van der Waals surface area contributed by atoms with Crippen LogP contribution in [0.5, 0.6) is 0 Å². The number of rotatable bonds is 1. The molecule has 0 atom stereocenters. The molecular formula is C9H4Cl3NO. The minimum Gasteiger partial charge on any atom is -0.472 e. The predicted molar refractivity (Wildman–Crippen MR) is 57.0 cm³/mol. The van der Waals surface area contributed by atoms with Gasteiger partial charge in [0.1, 0.15) is 5.15 Å². The topological polar surface area (TPSA) is 26.0 Å². The van der Waals surface area contributed by atoms with Crippen LogP contribution in [0.3, 0.4) is 0 Å². The summed E-state index contributed by atoms with van der Waals surface area (Å²) in [5.74, 6) is 0. The Labute approximate surface area is 95.4 Å². The van der Waals surface area contributed by atoms with Crippen LogP contribution in [0.2, 0.25) is 15.2 Å². The molecule has 0 radical (unpaired) electrons. The molecule has 5 heteroatoms. The van der Waals surface area contributed by atoms with Crippen LogP contribution in [0.25, 0.3) is 11.3 Å². The average Bonchev–Trinajstić information content (AvgIpc) is 2.64. The van der Waals surface area contributed by atoms with Crippen molar-refractivity contribution in [2.24, 2.45) is 0 Å². The summed E-state index contributed by atoms with van der Waals surface area (Å²) in [6.45, 7) is 0. The number of pyridine rings is 1. The van der Waals surface area contributed by atoms with Crippen LogP contribution < -0.4 is 0 Å². The Morgan fingerprint density at radius 1 is 1.14 bits per heavy atom. The maximum atomic E-state index is 5.95. The van der Waals surface area contributed by atoms with Crippen LogP contribution in [0, 0.1) is 0 Å². The maximum Gasteiger partial charge on any atom is 0.148 e. The highest BCUT2D eigenvalue weighted by molar-refractivity contribution is 6.42. The van der Waals surface area contributed by atoms with Crippen molar-refractivity contribution in [1.82, 2.24) is 4.98 Å². The van der Waals surface area contributed by atoms with Gasteiger partial charge in [-0.15, -0.1) is 0 Å². The Morgan fingerprint density at radius 2 is 1.93 bits per heavy atom. The first kappa shape index (κ1) is 9.84. The Bertz CT molecular complexity index is 453. The highest BCUT2D eigenvalue weighted by Gasteiger charge is 2.10. The summed E-state index contributed by atoms with van der Waals surface area (Å²) in [4.78, 5) is 4.06. The van der Waals surface area contributed by atoms with Crippen molar-refractivity contribution in [2.45, 2.75) is 0 Å². The summed E-state index contributed by atoms with van der Waals surface area (Å²) < 4.78 is 4.92. The van der Waals surface area contributed by atoms with E-state index in [4.69, 9.17) is 39.2 Å². The molecule has 2 rings (SSSR count). The summed E-state index contributed by atoms with van der Waals surface area (Å²) in [6, 6.07) is 3.30. The fourth-order valence-electron chi connectivity index (χ4n) is 1.05. The highest BCUT2D eigenvalue weighted by atomic mass is 35.5. The van der Waals surface area contributed by atoms with Gasteiger partial charge in [0.05, 0.1) is 28.3 Å². The van der Waals surface area contributed by atoms with Gasteiger partial charge in [-0.05, 0) is 12.1 Å². The van der Waals surface area contributed by atoms with E-state index in [0.717, 1.165) is 5.56 Å². The van der Waals surface area contributed by atoms with Crippen LogP contribution in [0.15, 0.2) is 29.1 Å². The van der Waals surface area contributed by atoms with E-state index in [9.17, 15) is 0 Å². The molecule has 72 valence electrons. The Kier molecular flexibility index (Phi) is 2.68. The van der Waals surface area contributed by atoms with Gasteiger partial charge in [-0.3, -0.25) is 0 Å². The van der Waals surface area contributed by atoms with Crippen molar-refractivity contribution in [1.29, 1.82) is 0 Å². The van der Waals surface area contributed by atoms with Gasteiger partial charge in [-0.1, -0.05) is 34.8 Å². The van der Waals surface area contributed by atoms with Crippen LogP contribution in [-0.2, 0) is 0 Å². The lowest BCUT2D eigenvalue weighted by Gasteiger charge is -2.02. The van der Waals surface area contributed by atoms with Gasteiger partial charge >= 0.3 is 0 Å². The highest BCUT2D eigenvalue weighted by Crippen LogP contribution is 2.32. The summed E-state index contributed by atoms with van der Waals surface area (Å²) >= 11 is 17.5. The molecule has 0 bridgehead atoms. The van der Waals surface area contributed by atoms with Crippen molar-refractivity contribution in [3.63, 3.8) is 0 Å². The van der Waals surface area contributed by atoms with Gasteiger partial charge in [0.2, 0.25) is 0 Å². The SMILES string of the molecule is Clc1cc(Cl)c(-c2ccoc2)nc1Cl. The van der Waals surface area contributed by atoms with E-state index in [1.54, 1.807) is 18.4 Å². The summed E-state index contributed by atoms with van der Waals surface area (Å²) in [6.07, 6.45) is 3.08. The molecule has 2 nitrogen and oxygen atoms in total. The third-order valence-corrected chi connectivity index (χ3v) is 2.64. The molecule has 14 heavy (non-hydrogen) atoms. The molecule has 0 fully saturated rings. The Hall–Kier alpha value is -0.700. The Morgan fingerprint density at radius 3 is 2.57 bits per heavy atom. The molecule has 0 N–H and O–H groups in total. The van der Waals surface area contributed by atoms with E-state index in [1.165, 1.54) is 6.26 Å². The van der Waals surface area contributed by atoms with Gasteiger partial charge in [0.15, 0.2) is 0 Å². The van der Waals surface area contributed by atoms with Gasteiger partial charge in [-0.2, -0.15) is 0 Å². The number of nitrogens with zero attached hydrogens (tertiary/aromatic N) is 1. The van der Waals surface area contributed by atoms with E-state index in [-0.39, 0.29) is 5.15 Å². The molecule has 2 aromatic rings. The summed E-state index contributed by atoms with van der Waals surface area (Å²) in [5, 5.41) is 1.01. The molecule has 2 aromatic heterocycles. The standard InChI is InChI=1S/C9H4Cl3NO/c10-6-3-7(11)9(12)13-8(6)5-1-2-14-4-5/h1-4H. The molecule has 0 aliphatic rings.